The van der Waals surface area contributed by atoms with Crippen molar-refractivity contribution in [2.24, 2.45) is 0 Å². The second kappa shape index (κ2) is 12.1. The Morgan fingerprint density at radius 1 is 1.05 bits per heavy atom. The van der Waals surface area contributed by atoms with Crippen molar-refractivity contribution in [3.8, 4) is 16.9 Å². The molecule has 0 spiro atoms. The highest BCUT2D eigenvalue weighted by atomic mass is 35.5. The van der Waals surface area contributed by atoms with E-state index in [0.717, 1.165) is 0 Å². The van der Waals surface area contributed by atoms with Gasteiger partial charge in [0.05, 0.1) is 33.2 Å². The summed E-state index contributed by atoms with van der Waals surface area (Å²) in [5.41, 5.74) is 1.89. The van der Waals surface area contributed by atoms with Gasteiger partial charge in [0.15, 0.2) is 5.65 Å². The number of hydrogen-bond acceptors (Lipinski definition) is 7. The first kappa shape index (κ1) is 31.3. The third-order valence-corrected chi connectivity index (χ3v) is 8.32. The summed E-state index contributed by atoms with van der Waals surface area (Å²) >= 11 is 6.82. The van der Waals surface area contributed by atoms with Crippen LogP contribution in [0.25, 0.3) is 28.0 Å². The van der Waals surface area contributed by atoms with Gasteiger partial charge in [-0.2, -0.15) is 4.98 Å². The highest BCUT2D eigenvalue weighted by Gasteiger charge is 2.34. The van der Waals surface area contributed by atoms with Crippen LogP contribution in [0.1, 0.15) is 70.6 Å². The number of aromatic nitrogens is 5. The number of benzene rings is 1. The lowest BCUT2D eigenvalue weighted by Crippen LogP contribution is -2.58. The summed E-state index contributed by atoms with van der Waals surface area (Å²) < 4.78 is 16.5. The number of rotatable bonds is 6. The molecule has 0 aliphatic carbocycles. The average Bonchev–Trinajstić information content (AvgIpc) is 2.97. The summed E-state index contributed by atoms with van der Waals surface area (Å²) in [5.74, 6) is 0.449. The highest BCUT2D eigenvalue weighted by molar-refractivity contribution is 6.33. The number of fused-ring (bicyclic) bond motifs is 1. The fourth-order valence-corrected chi connectivity index (χ4v) is 6.02. The summed E-state index contributed by atoms with van der Waals surface area (Å²) in [6.45, 7) is 18.3. The molecular weight excluding hydrogens is 581 g/mol. The normalized spacial score (nSPS) is 17.2. The zero-order valence-corrected chi connectivity index (χ0v) is 26.9. The minimum absolute atomic E-state index is 0.0551. The number of halogens is 2. The maximum Gasteiger partial charge on any atom is 0.355 e. The van der Waals surface area contributed by atoms with Gasteiger partial charge in [-0.05, 0) is 51.0 Å². The lowest BCUT2D eigenvalue weighted by Gasteiger charge is -2.44. The third kappa shape index (κ3) is 5.47. The van der Waals surface area contributed by atoms with Gasteiger partial charge in [0.2, 0.25) is 5.91 Å². The van der Waals surface area contributed by atoms with Gasteiger partial charge < -0.3 is 9.80 Å². The van der Waals surface area contributed by atoms with E-state index >= 15 is 4.39 Å². The second-order valence-electron chi connectivity index (χ2n) is 12.0. The monoisotopic (exact) mass is 617 g/mol. The molecule has 2 atom stereocenters. The molecule has 11 heteroatoms. The van der Waals surface area contributed by atoms with Gasteiger partial charge in [-0.3, -0.25) is 4.79 Å². The molecule has 4 aromatic rings. The van der Waals surface area contributed by atoms with E-state index in [1.807, 2.05) is 53.4 Å². The Balaban J connectivity index is 1.84. The van der Waals surface area contributed by atoms with Gasteiger partial charge in [0.25, 0.3) is 0 Å². The van der Waals surface area contributed by atoms with E-state index in [2.05, 4.69) is 11.6 Å². The first-order valence-electron chi connectivity index (χ1n) is 14.8. The Morgan fingerprint density at radius 3 is 2.39 bits per heavy atom. The van der Waals surface area contributed by atoms with Crippen molar-refractivity contribution >= 4 is 34.4 Å². The SMILES string of the molecule is C=CC(=O)N1C[C@H](C)N(c2nc(=O)n(-c3c(C)nc(C(C)C)nc3C(C)C)c3nc(-c4ccccc4F)c(Cl)cc23)C[C@H]1C. The first-order chi connectivity index (χ1) is 20.8. The molecule has 3 aromatic heterocycles. The van der Waals surface area contributed by atoms with Crippen LogP contribution in [-0.2, 0) is 4.79 Å². The van der Waals surface area contributed by atoms with Gasteiger partial charge in [-0.1, -0.05) is 58.0 Å². The van der Waals surface area contributed by atoms with E-state index in [0.29, 0.717) is 47.2 Å². The van der Waals surface area contributed by atoms with Crippen LogP contribution in [0.3, 0.4) is 0 Å². The van der Waals surface area contributed by atoms with Crippen molar-refractivity contribution < 1.29 is 9.18 Å². The van der Waals surface area contributed by atoms with Crippen molar-refractivity contribution in [3.63, 3.8) is 0 Å². The summed E-state index contributed by atoms with van der Waals surface area (Å²) in [5, 5.41) is 0.725. The highest BCUT2D eigenvalue weighted by Crippen LogP contribution is 2.36. The molecule has 5 rings (SSSR count). The zero-order valence-electron chi connectivity index (χ0n) is 26.1. The summed E-state index contributed by atoms with van der Waals surface area (Å²) in [6.07, 6.45) is 1.31. The molecule has 0 unspecified atom stereocenters. The molecule has 0 radical (unpaired) electrons. The summed E-state index contributed by atoms with van der Waals surface area (Å²) in [6, 6.07) is 7.57. The van der Waals surface area contributed by atoms with Crippen LogP contribution in [0, 0.1) is 12.7 Å². The number of carbonyl (C=O) groups excluding carboxylic acids is 1. The van der Waals surface area contributed by atoms with E-state index < -0.39 is 11.5 Å². The molecule has 1 aliphatic heterocycles. The number of hydrogen-bond donors (Lipinski definition) is 0. The number of pyridine rings is 1. The minimum Gasteiger partial charge on any atom is -0.349 e. The lowest BCUT2D eigenvalue weighted by molar-refractivity contribution is -0.128. The smallest absolute Gasteiger partial charge is 0.349 e. The lowest BCUT2D eigenvalue weighted by atomic mass is 10.0. The largest absolute Gasteiger partial charge is 0.355 e. The van der Waals surface area contributed by atoms with Crippen LogP contribution in [0.5, 0.6) is 0 Å². The Morgan fingerprint density at radius 2 is 1.75 bits per heavy atom. The Labute approximate surface area is 261 Å². The number of piperazine rings is 1. The Hall–Kier alpha value is -4.18. The molecule has 4 heterocycles. The number of nitrogens with zero attached hydrogens (tertiary/aromatic N) is 7. The van der Waals surface area contributed by atoms with Crippen molar-refractivity contribution in [2.75, 3.05) is 18.0 Å². The predicted molar refractivity (Wildman–Crippen MR) is 172 cm³/mol. The van der Waals surface area contributed by atoms with Gasteiger partial charge in [-0.15, -0.1) is 0 Å². The molecule has 1 aliphatic rings. The molecule has 9 nitrogen and oxygen atoms in total. The maximum atomic E-state index is 15.1. The number of anilines is 1. The molecule has 1 amide bonds. The third-order valence-electron chi connectivity index (χ3n) is 8.04. The first-order valence-corrected chi connectivity index (χ1v) is 15.2. The molecule has 0 bridgehead atoms. The molecule has 1 fully saturated rings. The quantitative estimate of drug-likeness (QED) is 0.238. The van der Waals surface area contributed by atoms with E-state index in [-0.39, 0.29) is 51.8 Å². The van der Waals surface area contributed by atoms with Gasteiger partial charge in [0.1, 0.15) is 17.5 Å². The van der Waals surface area contributed by atoms with Crippen molar-refractivity contribution in [2.45, 2.75) is 72.4 Å². The maximum absolute atomic E-state index is 15.1. The van der Waals surface area contributed by atoms with Crippen LogP contribution in [0.15, 0.2) is 47.8 Å². The summed E-state index contributed by atoms with van der Waals surface area (Å²) in [4.78, 5) is 49.6. The van der Waals surface area contributed by atoms with Crippen molar-refractivity contribution in [1.82, 2.24) is 29.4 Å². The molecule has 230 valence electrons. The molecule has 1 saturated heterocycles. The Bertz CT molecular complexity index is 1840. The fraction of sp³-hybridized carbons (Fsp3) is 0.394. The Kier molecular flexibility index (Phi) is 8.57. The minimum atomic E-state index is -0.572. The van der Waals surface area contributed by atoms with E-state index in [1.54, 1.807) is 29.2 Å². The molecule has 44 heavy (non-hydrogen) atoms. The van der Waals surface area contributed by atoms with Crippen LogP contribution >= 0.6 is 11.6 Å². The van der Waals surface area contributed by atoms with E-state index in [9.17, 15) is 9.59 Å². The molecular formula is C33H37ClFN7O2. The standard InChI is InChI=1S/C33H37ClFN7O2/c1-9-26(43)40-15-20(7)41(16-19(40)6)31-23-14-24(34)28(22-12-10-11-13-25(22)35)38-32(23)42(33(44)39-31)29-21(8)36-30(18(4)5)37-27(29)17(2)3/h9-14,17-20H,1,15-16H2,2-8H3/t19-,20+/m1/s1. The van der Waals surface area contributed by atoms with Crippen molar-refractivity contribution in [3.05, 3.63) is 81.5 Å². The predicted octanol–water partition coefficient (Wildman–Crippen LogP) is 6.20. The van der Waals surface area contributed by atoms with Gasteiger partial charge in [-0.25, -0.2) is 28.7 Å². The molecule has 1 aromatic carbocycles. The number of aryl methyl sites for hydroxylation is 1. The molecule has 0 saturated carbocycles. The number of carbonyl (C=O) groups is 1. The van der Waals surface area contributed by atoms with Crippen LogP contribution < -0.4 is 10.6 Å². The average molecular weight is 618 g/mol. The molecule has 0 N–H and O–H groups in total. The summed E-state index contributed by atoms with van der Waals surface area (Å²) in [7, 11) is 0. The van der Waals surface area contributed by atoms with Crippen molar-refractivity contribution in [1.29, 1.82) is 0 Å². The second-order valence-corrected chi connectivity index (χ2v) is 12.4. The van der Waals surface area contributed by atoms with Crippen LogP contribution in [0.2, 0.25) is 5.02 Å². The fourth-order valence-electron chi connectivity index (χ4n) is 5.76. The van der Waals surface area contributed by atoms with E-state index in [1.165, 1.54) is 16.7 Å². The van der Waals surface area contributed by atoms with E-state index in [4.69, 9.17) is 26.6 Å². The van der Waals surface area contributed by atoms with Crippen LogP contribution in [-0.4, -0.2) is 60.5 Å². The van der Waals surface area contributed by atoms with Crippen LogP contribution in [0.4, 0.5) is 10.2 Å². The number of amides is 1. The topological polar surface area (TPSA) is 97.1 Å². The van der Waals surface area contributed by atoms with Gasteiger partial charge >= 0.3 is 5.69 Å². The van der Waals surface area contributed by atoms with Gasteiger partial charge in [0, 0.05) is 36.7 Å². The zero-order chi connectivity index (χ0) is 32.0.